The molecule has 3 rings (SSSR count). The molecule has 0 radical (unpaired) electrons. The van der Waals surface area contributed by atoms with E-state index in [1.807, 2.05) is 6.92 Å². The van der Waals surface area contributed by atoms with Crippen LogP contribution in [0.4, 0.5) is 8.78 Å². The number of benzene rings is 2. The fraction of sp³-hybridized carbons (Fsp3) is 0.333. The summed E-state index contributed by atoms with van der Waals surface area (Å²) in [7, 11) is -4.03. The van der Waals surface area contributed by atoms with Crippen LogP contribution in [0.1, 0.15) is 37.0 Å². The van der Waals surface area contributed by atoms with Crippen LogP contribution in [0.3, 0.4) is 0 Å². The summed E-state index contributed by atoms with van der Waals surface area (Å²) in [4.78, 5) is 0.00418. The first-order chi connectivity index (χ1) is 13.3. The Morgan fingerprint density at radius 1 is 1.18 bits per heavy atom. The minimum atomic E-state index is -4.03. The fourth-order valence-corrected chi connectivity index (χ4v) is 5.79. The van der Waals surface area contributed by atoms with Crippen LogP contribution in [0.25, 0.3) is 0 Å². The van der Waals surface area contributed by atoms with Crippen molar-refractivity contribution < 1.29 is 21.9 Å². The maximum Gasteiger partial charge on any atom is 0.186 e. The van der Waals surface area contributed by atoms with Gasteiger partial charge in [0, 0.05) is 10.9 Å². The second-order valence-corrected chi connectivity index (χ2v) is 9.47. The number of sulfone groups is 1. The molecule has 1 aliphatic rings. The maximum absolute atomic E-state index is 14.7. The highest BCUT2D eigenvalue weighted by molar-refractivity contribution is 7.91. The van der Waals surface area contributed by atoms with Gasteiger partial charge >= 0.3 is 0 Å². The predicted octanol–water partition coefficient (Wildman–Crippen LogP) is 5.89. The van der Waals surface area contributed by atoms with Crippen molar-refractivity contribution >= 4 is 21.4 Å². The van der Waals surface area contributed by atoms with Crippen LogP contribution in [0, 0.1) is 17.6 Å². The van der Waals surface area contributed by atoms with E-state index in [2.05, 4.69) is 6.58 Å². The first kappa shape index (κ1) is 20.8. The Morgan fingerprint density at radius 2 is 1.82 bits per heavy atom. The van der Waals surface area contributed by atoms with Gasteiger partial charge in [-0.25, -0.2) is 17.2 Å². The number of hydrogen-bond donors (Lipinski definition) is 0. The number of rotatable bonds is 6. The molecular weight excluding hydrogens is 406 g/mol. The van der Waals surface area contributed by atoms with Crippen LogP contribution in [0.2, 0.25) is 5.02 Å². The van der Waals surface area contributed by atoms with Crippen molar-refractivity contribution in [2.24, 2.45) is 5.92 Å². The van der Waals surface area contributed by atoms with Crippen LogP contribution in [0.5, 0.6) is 5.75 Å². The Bertz CT molecular complexity index is 987. The second-order valence-electron chi connectivity index (χ2n) is 6.97. The lowest BCUT2D eigenvalue weighted by molar-refractivity contribution is 0.201. The molecule has 0 aromatic heterocycles. The van der Waals surface area contributed by atoms with Gasteiger partial charge in [-0.1, -0.05) is 37.1 Å². The number of ether oxygens (including phenoxy) is 1. The van der Waals surface area contributed by atoms with Crippen LogP contribution in [0.15, 0.2) is 53.4 Å². The molecule has 0 saturated carbocycles. The third-order valence-corrected chi connectivity index (χ3v) is 7.35. The van der Waals surface area contributed by atoms with E-state index in [0.717, 1.165) is 30.5 Å². The fourth-order valence-electron chi connectivity index (χ4n) is 3.65. The molecule has 2 aromatic carbocycles. The summed E-state index contributed by atoms with van der Waals surface area (Å²) in [5.41, 5.74) is 0.600. The van der Waals surface area contributed by atoms with Gasteiger partial charge in [0.25, 0.3) is 0 Å². The molecule has 1 aliphatic heterocycles. The lowest BCUT2D eigenvalue weighted by Crippen LogP contribution is -2.33. The van der Waals surface area contributed by atoms with Gasteiger partial charge in [0.1, 0.15) is 11.1 Å². The Labute approximate surface area is 168 Å². The Balaban J connectivity index is 2.15. The van der Waals surface area contributed by atoms with Gasteiger partial charge in [0.15, 0.2) is 21.4 Å². The van der Waals surface area contributed by atoms with Crippen molar-refractivity contribution in [1.29, 1.82) is 0 Å². The summed E-state index contributed by atoms with van der Waals surface area (Å²) in [6.07, 6.45) is 1.93. The Morgan fingerprint density at radius 3 is 2.46 bits per heavy atom. The molecule has 150 valence electrons. The first-order valence-corrected chi connectivity index (χ1v) is 10.9. The molecule has 0 amide bonds. The molecule has 2 aromatic rings. The van der Waals surface area contributed by atoms with E-state index >= 15 is 0 Å². The number of fused-ring (bicyclic) bond motifs is 1. The molecule has 0 aliphatic carbocycles. The Hall–Kier alpha value is -1.92. The summed E-state index contributed by atoms with van der Waals surface area (Å²) in [6.45, 7) is 5.96. The van der Waals surface area contributed by atoms with Crippen LogP contribution in [-0.4, -0.2) is 15.0 Å². The molecule has 0 bridgehead atoms. The third-order valence-electron chi connectivity index (χ3n) is 4.88. The summed E-state index contributed by atoms with van der Waals surface area (Å²) in [5.74, 6) is -2.49. The molecule has 2 unspecified atom stereocenters. The van der Waals surface area contributed by atoms with Crippen molar-refractivity contribution in [3.05, 3.63) is 70.8 Å². The number of hydrogen-bond acceptors (Lipinski definition) is 3. The minimum Gasteiger partial charge on any atom is -0.490 e. The summed E-state index contributed by atoms with van der Waals surface area (Å²) in [5, 5.41) is -0.891. The zero-order valence-electron chi connectivity index (χ0n) is 15.4. The van der Waals surface area contributed by atoms with E-state index in [1.54, 1.807) is 0 Å². The molecule has 3 nitrogen and oxygen atoms in total. The minimum absolute atomic E-state index is 0.00418. The number of halogens is 3. The van der Waals surface area contributed by atoms with Gasteiger partial charge in [-0.15, -0.1) is 0 Å². The van der Waals surface area contributed by atoms with E-state index in [0.29, 0.717) is 11.4 Å². The lowest BCUT2D eigenvalue weighted by atomic mass is 9.89. The first-order valence-electron chi connectivity index (χ1n) is 9.02. The van der Waals surface area contributed by atoms with Gasteiger partial charge in [-0.3, -0.25) is 0 Å². The van der Waals surface area contributed by atoms with Crippen molar-refractivity contribution in [2.75, 3.05) is 6.61 Å². The topological polar surface area (TPSA) is 43.4 Å². The van der Waals surface area contributed by atoms with Crippen molar-refractivity contribution in [3.63, 3.8) is 0 Å². The maximum atomic E-state index is 14.7. The van der Waals surface area contributed by atoms with E-state index in [9.17, 15) is 17.2 Å². The highest BCUT2D eigenvalue weighted by atomic mass is 35.5. The highest BCUT2D eigenvalue weighted by Gasteiger charge is 2.44. The van der Waals surface area contributed by atoms with Crippen molar-refractivity contribution in [1.82, 2.24) is 0 Å². The van der Waals surface area contributed by atoms with Crippen molar-refractivity contribution in [3.8, 4) is 5.75 Å². The van der Waals surface area contributed by atoms with Crippen molar-refractivity contribution in [2.45, 2.75) is 36.3 Å². The van der Waals surface area contributed by atoms with E-state index in [-0.39, 0.29) is 22.8 Å². The van der Waals surface area contributed by atoms with Gasteiger partial charge in [-0.2, -0.15) is 0 Å². The second kappa shape index (κ2) is 8.21. The smallest absolute Gasteiger partial charge is 0.186 e. The SMILES string of the molecule is C=C(CCC)CC1COc2c(F)ccc(F)c2C1S(=O)(=O)c1ccc(Cl)cc1. The van der Waals surface area contributed by atoms with Crippen LogP contribution >= 0.6 is 11.6 Å². The molecular formula is C21H21ClF2O3S. The molecule has 2 atom stereocenters. The third kappa shape index (κ3) is 3.94. The van der Waals surface area contributed by atoms with E-state index in [4.69, 9.17) is 16.3 Å². The summed E-state index contributed by atoms with van der Waals surface area (Å²) >= 11 is 5.87. The highest BCUT2D eigenvalue weighted by Crippen LogP contribution is 2.47. The van der Waals surface area contributed by atoms with E-state index < -0.39 is 32.6 Å². The lowest BCUT2D eigenvalue weighted by Gasteiger charge is -2.34. The normalized spacial score (nSPS) is 19.0. The molecule has 0 N–H and O–H groups in total. The standard InChI is InChI=1S/C21H21ClF2O3S/c1-3-4-13(2)11-14-12-27-20-18(24)10-9-17(23)19(20)21(14)28(25,26)16-7-5-15(22)6-8-16/h5-10,14,21H,2-4,11-12H2,1H3. The summed E-state index contributed by atoms with van der Waals surface area (Å²) < 4.78 is 61.4. The Kier molecular flexibility index (Phi) is 6.10. The van der Waals surface area contributed by atoms with Crippen LogP contribution < -0.4 is 4.74 Å². The van der Waals surface area contributed by atoms with Crippen LogP contribution in [-0.2, 0) is 9.84 Å². The molecule has 28 heavy (non-hydrogen) atoms. The quantitative estimate of drug-likeness (QED) is 0.541. The monoisotopic (exact) mass is 426 g/mol. The molecule has 1 heterocycles. The van der Waals surface area contributed by atoms with Gasteiger partial charge in [0.05, 0.1) is 17.1 Å². The van der Waals surface area contributed by atoms with Gasteiger partial charge < -0.3 is 4.74 Å². The van der Waals surface area contributed by atoms with E-state index in [1.165, 1.54) is 24.3 Å². The zero-order chi connectivity index (χ0) is 20.5. The largest absolute Gasteiger partial charge is 0.490 e. The molecule has 0 spiro atoms. The zero-order valence-corrected chi connectivity index (χ0v) is 17.0. The number of allylic oxidation sites excluding steroid dienone is 1. The van der Waals surface area contributed by atoms with Gasteiger partial charge in [0.2, 0.25) is 0 Å². The molecule has 0 fully saturated rings. The molecule has 7 heteroatoms. The average molecular weight is 427 g/mol. The average Bonchev–Trinajstić information content (AvgIpc) is 2.65. The predicted molar refractivity (Wildman–Crippen MR) is 105 cm³/mol. The summed E-state index contributed by atoms with van der Waals surface area (Å²) in [6, 6.07) is 7.55. The molecule has 0 saturated heterocycles. The van der Waals surface area contributed by atoms with Gasteiger partial charge in [-0.05, 0) is 49.2 Å².